The van der Waals surface area contributed by atoms with Crippen LogP contribution in [0.25, 0.3) is 0 Å². The molecule has 0 bridgehead atoms. The molecule has 0 atom stereocenters. The van der Waals surface area contributed by atoms with Crippen molar-refractivity contribution in [3.63, 3.8) is 0 Å². The van der Waals surface area contributed by atoms with Crippen LogP contribution in [0.15, 0.2) is 0 Å². The molecule has 0 aromatic heterocycles. The second-order valence-electron chi connectivity index (χ2n) is 0.490. The van der Waals surface area contributed by atoms with Gasteiger partial charge in [0.15, 0.2) is 0 Å². The molecule has 5 heavy (non-hydrogen) atoms. The summed E-state index contributed by atoms with van der Waals surface area (Å²) in [7, 11) is 0. The van der Waals surface area contributed by atoms with Crippen molar-refractivity contribution in [2.75, 3.05) is 0 Å². The van der Waals surface area contributed by atoms with Crippen molar-refractivity contribution in [2.45, 2.75) is 0 Å². The standard InChI is InChI=1S/NO3.Sn/c2-1(3)4;/q-1;+2. The van der Waals surface area contributed by atoms with Crippen molar-refractivity contribution < 1.29 is 11.4 Å². The molecule has 0 aromatic rings. The summed E-state index contributed by atoms with van der Waals surface area (Å²) < 4.78 is 8.31. The normalized spacial score (nSPS) is 18.8. The summed E-state index contributed by atoms with van der Waals surface area (Å²) in [5, 5.41) is 0.131. The Kier molecular flexibility index (Phi) is 0.639. The maximum atomic E-state index is 9.41. The minimum absolute atomic E-state index is 0.131. The van der Waals surface area contributed by atoms with E-state index in [1.165, 1.54) is 0 Å². The third-order valence-electron chi connectivity index (χ3n) is 0.224. The number of hydrogen-bond acceptors (Lipinski definition) is 3. The van der Waals surface area contributed by atoms with E-state index in [-0.39, 0.29) is 5.09 Å². The average molecular weight is 181 g/mol. The fraction of sp³-hybridized carbons (Fsp3) is 0. The zero-order valence-electron chi connectivity index (χ0n) is 2.17. The molecule has 4 nitrogen and oxygen atoms in total. The molecule has 0 aromatic carbocycles. The molecule has 1 fully saturated rings. The van der Waals surface area contributed by atoms with Gasteiger partial charge in [0.1, 0.15) is 0 Å². The predicted molar refractivity (Wildman–Crippen MR) is 11.6 cm³/mol. The first kappa shape index (κ1) is 3.20. The summed E-state index contributed by atoms with van der Waals surface area (Å²) in [6.07, 6.45) is 0. The quantitative estimate of drug-likeness (QED) is 0.458. The van der Waals surface area contributed by atoms with Crippen LogP contribution in [-0.4, -0.2) is 27.1 Å². The molecule has 1 heterocycles. The van der Waals surface area contributed by atoms with Gasteiger partial charge in [-0.05, 0) is 0 Å². The van der Waals surface area contributed by atoms with E-state index in [2.05, 4.69) is 6.35 Å². The van der Waals surface area contributed by atoms with E-state index in [0.717, 1.165) is 0 Å². The number of rotatable bonds is 0. The van der Waals surface area contributed by atoms with Crippen molar-refractivity contribution in [1.82, 2.24) is 0 Å². The van der Waals surface area contributed by atoms with Gasteiger partial charge in [-0.2, -0.15) is 0 Å². The molecular formula is NO3Sn+. The topological polar surface area (TPSA) is 38.5 Å². The van der Waals surface area contributed by atoms with E-state index >= 15 is 0 Å². The van der Waals surface area contributed by atoms with Crippen molar-refractivity contribution in [1.29, 1.82) is 0 Å². The van der Waals surface area contributed by atoms with Gasteiger partial charge in [0.2, 0.25) is 0 Å². The third kappa shape index (κ3) is 0.444. The molecule has 1 rings (SSSR count). The van der Waals surface area contributed by atoms with Crippen molar-refractivity contribution in [2.24, 2.45) is 0 Å². The molecule has 5 heteroatoms. The second kappa shape index (κ2) is 0.999. The van der Waals surface area contributed by atoms with Crippen molar-refractivity contribution >= 4 is 22.0 Å². The molecule has 1 aliphatic rings. The molecular weight excluding hydrogens is 181 g/mol. The molecule has 1 aliphatic heterocycles. The SMILES string of the molecule is O=[N+]1[O][Sn][O]1. The summed E-state index contributed by atoms with van der Waals surface area (Å²) in [6.45, 7) is 0. The summed E-state index contributed by atoms with van der Waals surface area (Å²) >= 11 is -1.04. The van der Waals surface area contributed by atoms with Gasteiger partial charge >= 0.3 is 38.3 Å². The molecule has 0 unspecified atom stereocenters. The number of nitrogens with zero attached hydrogens (tertiary/aromatic N) is 1. The minimum atomic E-state index is -1.04. The van der Waals surface area contributed by atoms with Gasteiger partial charge in [0, 0.05) is 0 Å². The van der Waals surface area contributed by atoms with E-state index in [4.69, 9.17) is 0 Å². The van der Waals surface area contributed by atoms with Gasteiger partial charge in [0.25, 0.3) is 0 Å². The zero-order valence-corrected chi connectivity index (χ0v) is 5.03. The summed E-state index contributed by atoms with van der Waals surface area (Å²) in [6, 6.07) is 0. The van der Waals surface area contributed by atoms with Crippen molar-refractivity contribution in [3.05, 3.63) is 4.91 Å². The van der Waals surface area contributed by atoms with Gasteiger partial charge in [0.05, 0.1) is 0 Å². The first-order valence-corrected chi connectivity index (χ1v) is 3.29. The van der Waals surface area contributed by atoms with Crippen LogP contribution in [0, 0.1) is 4.91 Å². The monoisotopic (exact) mass is 182 g/mol. The molecule has 2 radical (unpaired) electrons. The van der Waals surface area contributed by atoms with Gasteiger partial charge in [-0.15, -0.1) is 0 Å². The van der Waals surface area contributed by atoms with Crippen LogP contribution in [0.1, 0.15) is 0 Å². The maximum absolute atomic E-state index is 9.41. The Morgan fingerprint density at radius 2 is 2.00 bits per heavy atom. The molecule has 26 valence electrons. The van der Waals surface area contributed by atoms with Gasteiger partial charge in [-0.25, -0.2) is 0 Å². The van der Waals surface area contributed by atoms with E-state index in [1.807, 2.05) is 0 Å². The van der Waals surface area contributed by atoms with Crippen LogP contribution in [0.2, 0.25) is 0 Å². The Balaban J connectivity index is 2.32. The molecule has 0 N–H and O–H groups in total. The van der Waals surface area contributed by atoms with E-state index in [9.17, 15) is 4.91 Å². The fourth-order valence-electron chi connectivity index (χ4n) is 0.0677. The molecule has 0 spiro atoms. The van der Waals surface area contributed by atoms with Crippen LogP contribution in [0.3, 0.4) is 0 Å². The summed E-state index contributed by atoms with van der Waals surface area (Å²) in [5.41, 5.74) is 0. The summed E-state index contributed by atoms with van der Waals surface area (Å²) in [4.78, 5) is 9.41. The molecule has 0 aliphatic carbocycles. The van der Waals surface area contributed by atoms with E-state index < -0.39 is 22.0 Å². The summed E-state index contributed by atoms with van der Waals surface area (Å²) in [5.74, 6) is 0. The fourth-order valence-corrected chi connectivity index (χ4v) is 0.454. The average Bonchev–Trinajstić information content (AvgIpc) is 1.30. The van der Waals surface area contributed by atoms with Crippen LogP contribution in [0.4, 0.5) is 0 Å². The second-order valence-corrected chi connectivity index (χ2v) is 2.01. The van der Waals surface area contributed by atoms with Crippen LogP contribution in [-0.2, 0) is 6.35 Å². The first-order chi connectivity index (χ1) is 2.39. The van der Waals surface area contributed by atoms with Gasteiger partial charge < -0.3 is 0 Å². The van der Waals surface area contributed by atoms with E-state index in [1.54, 1.807) is 0 Å². The Morgan fingerprint density at radius 3 is 2.00 bits per heavy atom. The van der Waals surface area contributed by atoms with E-state index in [0.29, 0.717) is 0 Å². The van der Waals surface area contributed by atoms with Crippen LogP contribution < -0.4 is 0 Å². The Labute approximate surface area is 38.9 Å². The zero-order chi connectivity index (χ0) is 3.70. The van der Waals surface area contributed by atoms with Crippen LogP contribution >= 0.6 is 0 Å². The Morgan fingerprint density at radius 1 is 1.60 bits per heavy atom. The Bertz CT molecular complexity index is 53.9. The molecule has 0 amide bonds. The molecule has 0 saturated carbocycles. The predicted octanol–water partition coefficient (Wildman–Crippen LogP) is -0.824. The van der Waals surface area contributed by atoms with Gasteiger partial charge in [-0.1, -0.05) is 0 Å². The molecule has 1 saturated heterocycles. The van der Waals surface area contributed by atoms with Crippen LogP contribution in [0.5, 0.6) is 0 Å². The van der Waals surface area contributed by atoms with Gasteiger partial charge in [-0.3, -0.25) is 0 Å². The third-order valence-corrected chi connectivity index (χ3v) is 1.50. The Hall–Kier alpha value is -0.00130. The number of hydrogen-bond donors (Lipinski definition) is 0. The first-order valence-electron chi connectivity index (χ1n) is 0.956. The van der Waals surface area contributed by atoms with Crippen molar-refractivity contribution in [3.8, 4) is 0 Å².